The minimum absolute atomic E-state index is 0.00457. The number of nitrogens with zero attached hydrogens (tertiary/aromatic N) is 1. The maximum Gasteiger partial charge on any atom is 0.405 e. The number of benzene rings is 3. The molecule has 6 rings (SSSR count). The number of hydrogen-bond acceptors (Lipinski definition) is 8. The Bertz CT molecular complexity index is 2280. The minimum atomic E-state index is -5.15. The number of halogens is 9. The normalized spacial score (nSPS) is 21.6. The highest BCUT2D eigenvalue weighted by Gasteiger charge is 2.67. The third-order valence-electron chi connectivity index (χ3n) is 14.0. The third kappa shape index (κ3) is 10.7. The molecule has 1 amide bonds. The first-order valence-corrected chi connectivity index (χ1v) is 22.1. The van der Waals surface area contributed by atoms with Crippen LogP contribution in [0.1, 0.15) is 47.1 Å². The molecule has 3 heterocycles. The highest BCUT2D eigenvalue weighted by molar-refractivity contribution is 5.80. The molecule has 0 aromatic heterocycles. The topological polar surface area (TPSA) is 178 Å². The number of rotatable bonds is 20. The summed E-state index contributed by atoms with van der Waals surface area (Å²) in [7, 11) is 0. The van der Waals surface area contributed by atoms with Gasteiger partial charge in [-0.3, -0.25) is 19.2 Å². The maximum atomic E-state index is 14.8. The van der Waals surface area contributed by atoms with Gasteiger partial charge in [0.15, 0.2) is 16.2 Å². The van der Waals surface area contributed by atoms with Crippen LogP contribution in [0, 0.1) is 34.0 Å². The molecule has 3 aliphatic heterocycles. The first-order chi connectivity index (χ1) is 31.9. The van der Waals surface area contributed by atoms with E-state index in [1.54, 1.807) is 0 Å². The SMILES string of the molecule is O=C(Cc1cccc(C[C@@](C(=O)O)([C@H]2CCNC2)C(F)(F)F)c1)N(CCOc1cccc(C[C@@](C(=O)O)([C@H]2CCNC2)C(F)(F)F)c1)Cc1cccc(C[C@@](C(=O)O)([C@H]2CCNC2)C(F)(F)F)c1. The third-order valence-corrected chi connectivity index (χ3v) is 14.0. The molecule has 3 aromatic rings. The van der Waals surface area contributed by atoms with Crippen molar-refractivity contribution in [3.05, 3.63) is 101 Å². The fraction of sp³-hybridized carbons (Fsp3) is 0.532. The first kappa shape index (κ1) is 52.0. The Morgan fingerprint density at radius 2 is 0.912 bits per heavy atom. The van der Waals surface area contributed by atoms with Crippen molar-refractivity contribution < 1.29 is 78.7 Å². The zero-order valence-corrected chi connectivity index (χ0v) is 36.7. The van der Waals surface area contributed by atoms with Gasteiger partial charge in [0.1, 0.15) is 12.4 Å². The zero-order valence-electron chi connectivity index (χ0n) is 36.7. The molecule has 0 radical (unpaired) electrons. The van der Waals surface area contributed by atoms with Crippen molar-refractivity contribution in [2.24, 2.45) is 34.0 Å². The number of aliphatic carboxylic acids is 3. The minimum Gasteiger partial charge on any atom is -0.492 e. The van der Waals surface area contributed by atoms with E-state index in [2.05, 4.69) is 16.0 Å². The molecule has 3 fully saturated rings. The van der Waals surface area contributed by atoms with Crippen LogP contribution in [0.15, 0.2) is 72.8 Å². The standard InChI is InChI=1S/C47H53F9N4O8/c48-45(49,50)42(39(62)63,34-10-13-57-25-34)22-30-5-1-4-29(18-30)21-38(61)60(28-33-8-2-6-31(19-33)23-43(40(64)65,46(51,52)53)35-11-14-58-26-35)16-17-68-37-9-3-7-32(20-37)24-44(41(66)67,47(54,55)56)36-12-15-59-27-36/h1-9,18-20,34-36,57-59H,10-17,21-28H2,(H,62,63)(H,64,65)(H,66,67)/t34-,35-,36-,42-,43-,44-/m0/s1. The largest absolute Gasteiger partial charge is 0.492 e. The van der Waals surface area contributed by atoms with Crippen LogP contribution in [0.3, 0.4) is 0 Å². The number of carboxylic acids is 3. The number of carbonyl (C=O) groups excluding carboxylic acids is 1. The Hall–Kier alpha value is -5.41. The van der Waals surface area contributed by atoms with Crippen LogP contribution in [-0.4, -0.2) is 115 Å². The average Bonchev–Trinajstić information content (AvgIpc) is 4.08. The lowest BCUT2D eigenvalue weighted by Gasteiger charge is -2.36. The molecule has 372 valence electrons. The van der Waals surface area contributed by atoms with Crippen LogP contribution in [0.25, 0.3) is 0 Å². The molecule has 6 N–H and O–H groups in total. The second kappa shape index (κ2) is 20.7. The van der Waals surface area contributed by atoms with Crippen LogP contribution in [0.5, 0.6) is 5.75 Å². The summed E-state index contributed by atoms with van der Waals surface area (Å²) in [4.78, 5) is 52.8. The van der Waals surface area contributed by atoms with E-state index in [0.29, 0.717) is 0 Å². The van der Waals surface area contributed by atoms with Gasteiger partial charge in [0.25, 0.3) is 0 Å². The Morgan fingerprint density at radius 1 is 0.544 bits per heavy atom. The summed E-state index contributed by atoms with van der Waals surface area (Å²) in [6.45, 7) is -0.787. The number of carbonyl (C=O) groups is 4. The van der Waals surface area contributed by atoms with Crippen LogP contribution in [0.2, 0.25) is 0 Å². The van der Waals surface area contributed by atoms with Crippen molar-refractivity contribution in [2.75, 3.05) is 52.4 Å². The number of ether oxygens (including phenoxy) is 1. The highest BCUT2D eigenvalue weighted by atomic mass is 19.4. The van der Waals surface area contributed by atoms with Gasteiger partial charge in [-0.2, -0.15) is 39.5 Å². The lowest BCUT2D eigenvalue weighted by Crippen LogP contribution is -2.53. The van der Waals surface area contributed by atoms with Crippen LogP contribution in [0.4, 0.5) is 39.5 Å². The smallest absolute Gasteiger partial charge is 0.405 e. The lowest BCUT2D eigenvalue weighted by atomic mass is 9.69. The van der Waals surface area contributed by atoms with Gasteiger partial charge in [0.05, 0.1) is 13.0 Å². The summed E-state index contributed by atoms with van der Waals surface area (Å²) in [5.74, 6) is -10.6. The zero-order chi connectivity index (χ0) is 49.7. The Morgan fingerprint density at radius 3 is 1.29 bits per heavy atom. The Labute approximate surface area is 385 Å². The maximum absolute atomic E-state index is 14.8. The molecule has 68 heavy (non-hydrogen) atoms. The highest BCUT2D eigenvalue weighted by Crippen LogP contribution is 2.52. The summed E-state index contributed by atoms with van der Waals surface area (Å²) in [5, 5.41) is 38.6. The molecule has 12 nitrogen and oxygen atoms in total. The second-order valence-electron chi connectivity index (χ2n) is 18.1. The van der Waals surface area contributed by atoms with Gasteiger partial charge in [0.2, 0.25) is 5.91 Å². The van der Waals surface area contributed by atoms with Crippen molar-refractivity contribution >= 4 is 23.8 Å². The van der Waals surface area contributed by atoms with Gasteiger partial charge in [-0.25, -0.2) is 0 Å². The predicted octanol–water partition coefficient (Wildman–Crippen LogP) is 6.69. The number of nitrogens with one attached hydrogen (secondary N) is 3. The fourth-order valence-corrected chi connectivity index (χ4v) is 10.2. The summed E-state index contributed by atoms with van der Waals surface area (Å²) < 4.78 is 138. The molecule has 3 saturated heterocycles. The molecule has 6 atom stereocenters. The second-order valence-corrected chi connectivity index (χ2v) is 18.1. The quantitative estimate of drug-likeness (QED) is 0.0666. The van der Waals surface area contributed by atoms with Crippen molar-refractivity contribution in [3.8, 4) is 5.75 Å². The molecule has 0 aliphatic carbocycles. The molecule has 21 heteroatoms. The van der Waals surface area contributed by atoms with Gasteiger partial charge < -0.3 is 40.9 Å². The molecular formula is C47H53F9N4O8. The summed E-state index contributed by atoms with van der Waals surface area (Å²) in [6.07, 6.45) is -18.7. The average molecular weight is 973 g/mol. The van der Waals surface area contributed by atoms with E-state index in [1.165, 1.54) is 77.7 Å². The van der Waals surface area contributed by atoms with E-state index in [9.17, 15) is 74.0 Å². The van der Waals surface area contributed by atoms with Gasteiger partial charge in [-0.1, -0.05) is 60.7 Å². The Kier molecular flexibility index (Phi) is 15.8. The van der Waals surface area contributed by atoms with Crippen LogP contribution >= 0.6 is 0 Å². The lowest BCUT2D eigenvalue weighted by molar-refractivity contribution is -0.246. The molecule has 0 unspecified atom stereocenters. The molecule has 3 aliphatic rings. The molecule has 0 saturated carbocycles. The van der Waals surface area contributed by atoms with Crippen molar-refractivity contribution in [1.29, 1.82) is 0 Å². The van der Waals surface area contributed by atoms with E-state index in [0.717, 1.165) is 0 Å². The van der Waals surface area contributed by atoms with Crippen molar-refractivity contribution in [3.63, 3.8) is 0 Å². The van der Waals surface area contributed by atoms with E-state index < -0.39 is 102 Å². The van der Waals surface area contributed by atoms with Gasteiger partial charge in [-0.05, 0) is 135 Å². The van der Waals surface area contributed by atoms with Crippen LogP contribution in [-0.2, 0) is 51.4 Å². The van der Waals surface area contributed by atoms with E-state index in [-0.39, 0.29) is 112 Å². The Balaban J connectivity index is 1.27. The number of hydrogen-bond donors (Lipinski definition) is 6. The molecule has 3 aromatic carbocycles. The number of amides is 1. The monoisotopic (exact) mass is 972 g/mol. The molecule has 0 spiro atoms. The van der Waals surface area contributed by atoms with Crippen molar-refractivity contribution in [2.45, 2.75) is 70.0 Å². The van der Waals surface area contributed by atoms with E-state index >= 15 is 0 Å². The summed E-state index contributed by atoms with van der Waals surface area (Å²) >= 11 is 0. The van der Waals surface area contributed by atoms with E-state index in [4.69, 9.17) is 4.74 Å². The predicted molar refractivity (Wildman–Crippen MR) is 226 cm³/mol. The van der Waals surface area contributed by atoms with Gasteiger partial charge in [0, 0.05) is 6.54 Å². The molecular weight excluding hydrogens is 920 g/mol. The van der Waals surface area contributed by atoms with Gasteiger partial charge >= 0.3 is 36.4 Å². The summed E-state index contributed by atoms with van der Waals surface area (Å²) in [5.41, 5.74) is -8.91. The van der Waals surface area contributed by atoms with Gasteiger partial charge in [-0.15, -0.1) is 0 Å². The number of carboxylic acid groups (broad SMARTS) is 3. The molecule has 0 bridgehead atoms. The summed E-state index contributed by atoms with van der Waals surface area (Å²) in [6, 6.07) is 16.4. The fourth-order valence-electron chi connectivity index (χ4n) is 10.2. The van der Waals surface area contributed by atoms with Crippen molar-refractivity contribution in [1.82, 2.24) is 20.9 Å². The van der Waals surface area contributed by atoms with E-state index in [1.807, 2.05) is 0 Å². The number of alkyl halides is 9. The van der Waals surface area contributed by atoms with Crippen LogP contribution < -0.4 is 20.7 Å². The first-order valence-electron chi connectivity index (χ1n) is 22.1.